The Bertz CT molecular complexity index is 324. The van der Waals surface area contributed by atoms with Crippen LogP contribution in [0.1, 0.15) is 19.8 Å². The highest BCUT2D eigenvalue weighted by atomic mass is 79.9. The largest absolute Gasteiger partial charge is 0.494 e. The van der Waals surface area contributed by atoms with Crippen LogP contribution in [0.4, 0.5) is 5.69 Å². The fourth-order valence-corrected chi connectivity index (χ4v) is 1.52. The summed E-state index contributed by atoms with van der Waals surface area (Å²) < 4.78 is 5.44. The molecule has 0 saturated carbocycles. The smallest absolute Gasteiger partial charge is 0.225 e. The third-order valence-electron chi connectivity index (χ3n) is 1.93. The van der Waals surface area contributed by atoms with Crippen LogP contribution >= 0.6 is 15.9 Å². The summed E-state index contributed by atoms with van der Waals surface area (Å²) in [6.07, 6.45) is 1.47. The number of rotatable bonds is 6. The zero-order valence-corrected chi connectivity index (χ0v) is 10.9. The number of hydrogen-bond acceptors (Lipinski definition) is 2. The number of alkyl halides is 1. The lowest BCUT2D eigenvalue weighted by molar-refractivity contribution is -0.115. The Morgan fingerprint density at radius 1 is 1.38 bits per heavy atom. The van der Waals surface area contributed by atoms with E-state index in [-0.39, 0.29) is 5.91 Å². The van der Waals surface area contributed by atoms with Gasteiger partial charge in [0.1, 0.15) is 5.75 Å². The van der Waals surface area contributed by atoms with Crippen LogP contribution in [0.3, 0.4) is 0 Å². The highest BCUT2D eigenvalue weighted by Gasteiger charge is 2.00. The van der Waals surface area contributed by atoms with E-state index in [4.69, 9.17) is 4.74 Å². The molecular weight excluding hydrogens is 270 g/mol. The Morgan fingerprint density at radius 2 is 2.06 bits per heavy atom. The first-order chi connectivity index (χ1) is 7.76. The van der Waals surface area contributed by atoms with Crippen molar-refractivity contribution < 1.29 is 9.53 Å². The maximum Gasteiger partial charge on any atom is 0.225 e. The van der Waals surface area contributed by atoms with E-state index in [2.05, 4.69) is 28.2 Å². The van der Waals surface area contributed by atoms with Gasteiger partial charge in [0.05, 0.1) is 6.61 Å². The molecule has 0 spiro atoms. The average Bonchev–Trinajstić information content (AvgIpc) is 2.28. The van der Waals surface area contributed by atoms with E-state index in [9.17, 15) is 4.79 Å². The summed E-state index contributed by atoms with van der Waals surface area (Å²) in [6, 6.07) is 7.41. The molecule has 1 aromatic carbocycles. The quantitative estimate of drug-likeness (QED) is 0.815. The van der Waals surface area contributed by atoms with Gasteiger partial charge < -0.3 is 10.1 Å². The van der Waals surface area contributed by atoms with Crippen LogP contribution < -0.4 is 10.1 Å². The van der Waals surface area contributed by atoms with Crippen molar-refractivity contribution >= 4 is 27.5 Å². The van der Waals surface area contributed by atoms with E-state index >= 15 is 0 Å². The molecule has 0 aliphatic rings. The van der Waals surface area contributed by atoms with Gasteiger partial charge >= 0.3 is 0 Å². The fourth-order valence-electron chi connectivity index (χ4n) is 1.16. The molecule has 88 valence electrons. The Morgan fingerprint density at radius 3 is 2.62 bits per heavy atom. The second kappa shape index (κ2) is 7.28. The van der Waals surface area contributed by atoms with Crippen molar-refractivity contribution in [3.8, 4) is 5.75 Å². The van der Waals surface area contributed by atoms with E-state index < -0.39 is 0 Å². The van der Waals surface area contributed by atoms with Gasteiger partial charge in [0.2, 0.25) is 5.91 Å². The Kier molecular flexibility index (Phi) is 5.93. The Hall–Kier alpha value is -1.03. The van der Waals surface area contributed by atoms with Crippen LogP contribution in [0.15, 0.2) is 24.3 Å². The third-order valence-corrected chi connectivity index (χ3v) is 2.33. The molecule has 0 saturated heterocycles. The lowest BCUT2D eigenvalue weighted by atomic mass is 10.3. The van der Waals surface area contributed by atoms with E-state index in [1.807, 2.05) is 24.3 Å². The molecule has 0 radical (unpaired) electrons. The van der Waals surface area contributed by atoms with Gasteiger partial charge in [0.25, 0.3) is 0 Å². The summed E-state index contributed by atoms with van der Waals surface area (Å²) in [5, 5.41) is 3.48. The number of halogens is 1. The van der Waals surface area contributed by atoms with Crippen LogP contribution in [0, 0.1) is 0 Å². The van der Waals surface area contributed by atoms with Crippen molar-refractivity contribution in [2.75, 3.05) is 17.3 Å². The topological polar surface area (TPSA) is 38.3 Å². The number of ether oxygens (including phenoxy) is 1. The van der Waals surface area contributed by atoms with Gasteiger partial charge in [-0.25, -0.2) is 0 Å². The number of hydrogen-bond donors (Lipinski definition) is 1. The molecule has 16 heavy (non-hydrogen) atoms. The summed E-state index contributed by atoms with van der Waals surface area (Å²) >= 11 is 3.22. The van der Waals surface area contributed by atoms with Crippen molar-refractivity contribution in [3.05, 3.63) is 24.3 Å². The summed E-state index contributed by atoms with van der Waals surface area (Å²) in [4.78, 5) is 11.3. The van der Waals surface area contributed by atoms with Gasteiger partial charge in [-0.05, 0) is 30.7 Å². The first-order valence-corrected chi connectivity index (χ1v) is 6.47. The average molecular weight is 286 g/mol. The van der Waals surface area contributed by atoms with Crippen LogP contribution in [0.25, 0.3) is 0 Å². The maximum absolute atomic E-state index is 11.3. The molecule has 0 aromatic heterocycles. The molecule has 1 N–H and O–H groups in total. The minimum absolute atomic E-state index is 0.0131. The summed E-state index contributed by atoms with van der Waals surface area (Å²) in [6.45, 7) is 2.78. The van der Waals surface area contributed by atoms with Crippen molar-refractivity contribution in [3.63, 3.8) is 0 Å². The van der Waals surface area contributed by atoms with Gasteiger partial charge in [-0.2, -0.15) is 0 Å². The van der Waals surface area contributed by atoms with Gasteiger partial charge in [-0.1, -0.05) is 22.9 Å². The molecular formula is C12H16BrNO2. The molecule has 0 aliphatic carbocycles. The SMILES string of the molecule is CCCOc1ccc(NC(=O)CCBr)cc1. The van der Waals surface area contributed by atoms with Gasteiger partial charge in [-0.15, -0.1) is 0 Å². The monoisotopic (exact) mass is 285 g/mol. The van der Waals surface area contributed by atoms with Gasteiger partial charge in [0, 0.05) is 17.4 Å². The number of anilines is 1. The highest BCUT2D eigenvalue weighted by molar-refractivity contribution is 9.09. The summed E-state index contributed by atoms with van der Waals surface area (Å²) in [7, 11) is 0. The van der Waals surface area contributed by atoms with E-state index in [1.54, 1.807) is 0 Å². The van der Waals surface area contributed by atoms with Crippen LogP contribution in [0.2, 0.25) is 0 Å². The van der Waals surface area contributed by atoms with Crippen molar-refractivity contribution in [1.29, 1.82) is 0 Å². The second-order valence-electron chi connectivity index (χ2n) is 3.36. The van der Waals surface area contributed by atoms with E-state index in [1.165, 1.54) is 0 Å². The zero-order chi connectivity index (χ0) is 11.8. The lowest BCUT2D eigenvalue weighted by Crippen LogP contribution is -2.11. The number of carbonyl (C=O) groups is 1. The zero-order valence-electron chi connectivity index (χ0n) is 9.33. The predicted octanol–water partition coefficient (Wildman–Crippen LogP) is 3.20. The highest BCUT2D eigenvalue weighted by Crippen LogP contribution is 2.16. The summed E-state index contributed by atoms with van der Waals surface area (Å²) in [5.41, 5.74) is 0.801. The van der Waals surface area contributed by atoms with Crippen molar-refractivity contribution in [1.82, 2.24) is 0 Å². The molecule has 1 amide bonds. The Balaban J connectivity index is 2.47. The third kappa shape index (κ3) is 4.66. The van der Waals surface area contributed by atoms with E-state index in [0.717, 1.165) is 24.5 Å². The summed E-state index contributed by atoms with van der Waals surface area (Å²) in [5.74, 6) is 0.847. The second-order valence-corrected chi connectivity index (χ2v) is 4.15. The van der Waals surface area contributed by atoms with Crippen molar-refractivity contribution in [2.24, 2.45) is 0 Å². The molecule has 1 aromatic rings. The minimum atomic E-state index is 0.0131. The van der Waals surface area contributed by atoms with Crippen LogP contribution in [0.5, 0.6) is 5.75 Å². The first kappa shape index (κ1) is 13.0. The number of amides is 1. The molecule has 3 nitrogen and oxygen atoms in total. The predicted molar refractivity (Wildman–Crippen MR) is 69.3 cm³/mol. The van der Waals surface area contributed by atoms with Crippen molar-refractivity contribution in [2.45, 2.75) is 19.8 Å². The number of carbonyl (C=O) groups excluding carboxylic acids is 1. The number of nitrogens with one attached hydrogen (secondary N) is 1. The Labute approximate surface area is 104 Å². The molecule has 0 bridgehead atoms. The van der Waals surface area contributed by atoms with Gasteiger partial charge in [-0.3, -0.25) is 4.79 Å². The van der Waals surface area contributed by atoms with E-state index in [0.29, 0.717) is 11.8 Å². The van der Waals surface area contributed by atoms with Crippen LogP contribution in [-0.4, -0.2) is 17.8 Å². The number of benzene rings is 1. The molecule has 0 fully saturated rings. The maximum atomic E-state index is 11.3. The molecule has 0 heterocycles. The molecule has 1 rings (SSSR count). The standard InChI is InChI=1S/C12H16BrNO2/c1-2-9-16-11-5-3-10(4-6-11)14-12(15)7-8-13/h3-6H,2,7-9H2,1H3,(H,14,15). The van der Waals surface area contributed by atoms with Gasteiger partial charge in [0.15, 0.2) is 0 Å². The van der Waals surface area contributed by atoms with Crippen LogP contribution in [-0.2, 0) is 4.79 Å². The molecule has 0 atom stereocenters. The molecule has 0 unspecified atom stereocenters. The molecule has 4 heteroatoms. The normalized spacial score (nSPS) is 9.88. The fraction of sp³-hybridized carbons (Fsp3) is 0.417. The molecule has 0 aliphatic heterocycles. The lowest BCUT2D eigenvalue weighted by Gasteiger charge is -2.06. The minimum Gasteiger partial charge on any atom is -0.494 e. The first-order valence-electron chi connectivity index (χ1n) is 5.35.